The minimum Gasteiger partial charge on any atom is -0.444 e. The second-order valence-corrected chi connectivity index (χ2v) is 8.65. The molecule has 2 fully saturated rings. The van der Waals surface area contributed by atoms with Gasteiger partial charge in [0.25, 0.3) is 5.91 Å². The van der Waals surface area contributed by atoms with Gasteiger partial charge in [-0.25, -0.2) is 4.79 Å². The summed E-state index contributed by atoms with van der Waals surface area (Å²) in [5.41, 5.74) is 3.80. The first kappa shape index (κ1) is 16.4. The highest BCUT2D eigenvalue weighted by molar-refractivity contribution is 5.99. The number of amides is 2. The number of rotatable bonds is 1. The third-order valence-electron chi connectivity index (χ3n) is 5.35. The van der Waals surface area contributed by atoms with Gasteiger partial charge in [-0.15, -0.1) is 0 Å². The molecule has 1 aliphatic carbocycles. The number of aryl methyl sites for hydroxylation is 1. The summed E-state index contributed by atoms with van der Waals surface area (Å²) in [6, 6.07) is 4.35. The number of nitrogens with zero attached hydrogens (tertiary/aromatic N) is 1. The summed E-state index contributed by atoms with van der Waals surface area (Å²) in [6.45, 7) is 8.74. The lowest BCUT2D eigenvalue weighted by atomic mass is 9.82. The molecular weight excluding hydrogens is 316 g/mol. The maximum absolute atomic E-state index is 12.6. The number of hydrogen-bond donors (Lipinski definition) is 1. The zero-order chi connectivity index (χ0) is 17.9. The van der Waals surface area contributed by atoms with Crippen LogP contribution in [0.5, 0.6) is 0 Å². The second kappa shape index (κ2) is 5.48. The Bertz CT molecular complexity index is 746. The van der Waals surface area contributed by atoms with Crippen molar-refractivity contribution in [2.45, 2.75) is 64.0 Å². The predicted octanol–water partition coefficient (Wildman–Crippen LogP) is 3.32. The fourth-order valence-electron chi connectivity index (χ4n) is 4.08. The monoisotopic (exact) mass is 342 g/mol. The highest BCUT2D eigenvalue weighted by Gasteiger charge is 2.44. The largest absolute Gasteiger partial charge is 0.444 e. The molecule has 4 rings (SSSR count). The van der Waals surface area contributed by atoms with Gasteiger partial charge in [0.1, 0.15) is 5.60 Å². The first-order valence-electron chi connectivity index (χ1n) is 9.16. The number of likely N-dealkylation sites (tertiary alicyclic amines) is 1. The molecule has 1 N–H and O–H groups in total. The first-order valence-corrected chi connectivity index (χ1v) is 9.16. The van der Waals surface area contributed by atoms with Crippen LogP contribution >= 0.6 is 0 Å². The van der Waals surface area contributed by atoms with Gasteiger partial charge in [-0.05, 0) is 63.1 Å². The minimum atomic E-state index is -0.512. The molecule has 0 radical (unpaired) electrons. The summed E-state index contributed by atoms with van der Waals surface area (Å²) in [5.74, 6) is 0.788. The fourth-order valence-corrected chi connectivity index (χ4v) is 4.08. The van der Waals surface area contributed by atoms with Crippen LogP contribution in [0.2, 0.25) is 0 Å². The summed E-state index contributed by atoms with van der Waals surface area (Å²) in [4.78, 5) is 26.8. The van der Waals surface area contributed by atoms with Crippen molar-refractivity contribution in [3.63, 3.8) is 0 Å². The number of fused-ring (bicyclic) bond motifs is 3. The van der Waals surface area contributed by atoms with Gasteiger partial charge in [-0.3, -0.25) is 4.79 Å². The van der Waals surface area contributed by atoms with Crippen LogP contribution in [0, 0.1) is 6.92 Å². The summed E-state index contributed by atoms with van der Waals surface area (Å²) in [5, 5.41) is 3.10. The van der Waals surface area contributed by atoms with Crippen molar-refractivity contribution < 1.29 is 14.3 Å². The SMILES string of the molecule is Cc1cc(C2CC2)cc2c1C(=O)NC1CN(C(=O)OC(C)(C)C)CC21. The lowest BCUT2D eigenvalue weighted by Crippen LogP contribution is -2.45. The highest BCUT2D eigenvalue weighted by Crippen LogP contribution is 2.44. The van der Waals surface area contributed by atoms with Gasteiger partial charge in [0.05, 0.1) is 6.04 Å². The molecule has 2 unspecified atom stereocenters. The lowest BCUT2D eigenvalue weighted by Gasteiger charge is -2.29. The third-order valence-corrected chi connectivity index (χ3v) is 5.35. The van der Waals surface area contributed by atoms with Crippen LogP contribution in [-0.4, -0.2) is 41.6 Å². The molecule has 2 heterocycles. The minimum absolute atomic E-state index is 0.0119. The molecule has 5 nitrogen and oxygen atoms in total. The van der Waals surface area contributed by atoms with Crippen molar-refractivity contribution in [3.05, 3.63) is 34.4 Å². The summed E-state index contributed by atoms with van der Waals surface area (Å²) < 4.78 is 5.51. The Morgan fingerprint density at radius 2 is 1.96 bits per heavy atom. The van der Waals surface area contributed by atoms with Gasteiger partial charge >= 0.3 is 6.09 Å². The van der Waals surface area contributed by atoms with E-state index < -0.39 is 5.60 Å². The van der Waals surface area contributed by atoms with Crippen LogP contribution in [0.1, 0.15) is 72.5 Å². The number of nitrogens with one attached hydrogen (secondary N) is 1. The van der Waals surface area contributed by atoms with Crippen molar-refractivity contribution >= 4 is 12.0 Å². The van der Waals surface area contributed by atoms with Crippen molar-refractivity contribution in [2.75, 3.05) is 13.1 Å². The Labute approximate surface area is 148 Å². The molecule has 2 amide bonds. The number of benzene rings is 1. The Morgan fingerprint density at radius 3 is 2.60 bits per heavy atom. The molecule has 2 aliphatic heterocycles. The van der Waals surface area contributed by atoms with Crippen molar-refractivity contribution in [1.29, 1.82) is 0 Å². The zero-order valence-electron chi connectivity index (χ0n) is 15.4. The average Bonchev–Trinajstić information content (AvgIpc) is 3.24. The molecule has 0 spiro atoms. The molecule has 1 saturated heterocycles. The van der Waals surface area contributed by atoms with Gasteiger partial charge in [0.2, 0.25) is 0 Å². The van der Waals surface area contributed by atoms with Gasteiger partial charge in [-0.1, -0.05) is 12.1 Å². The molecule has 0 bridgehead atoms. The predicted molar refractivity (Wildman–Crippen MR) is 95.0 cm³/mol. The number of hydrogen-bond acceptors (Lipinski definition) is 3. The maximum Gasteiger partial charge on any atom is 0.410 e. The zero-order valence-corrected chi connectivity index (χ0v) is 15.4. The Hall–Kier alpha value is -2.04. The van der Waals surface area contributed by atoms with E-state index in [0.717, 1.165) is 16.7 Å². The molecular formula is C20H26N2O3. The molecule has 5 heteroatoms. The van der Waals surface area contributed by atoms with Crippen LogP contribution in [0.25, 0.3) is 0 Å². The average molecular weight is 342 g/mol. The van der Waals surface area contributed by atoms with E-state index in [-0.39, 0.29) is 24.0 Å². The number of carbonyl (C=O) groups excluding carboxylic acids is 2. The molecule has 0 aromatic heterocycles. The van der Waals surface area contributed by atoms with Gasteiger partial charge < -0.3 is 15.0 Å². The van der Waals surface area contributed by atoms with E-state index in [4.69, 9.17) is 4.74 Å². The molecule has 25 heavy (non-hydrogen) atoms. The van der Waals surface area contributed by atoms with Crippen molar-refractivity contribution in [1.82, 2.24) is 10.2 Å². The number of carbonyl (C=O) groups is 2. The molecule has 2 atom stereocenters. The molecule has 3 aliphatic rings. The quantitative estimate of drug-likeness (QED) is 0.852. The van der Waals surface area contributed by atoms with E-state index in [1.54, 1.807) is 4.90 Å². The van der Waals surface area contributed by atoms with E-state index in [1.807, 2.05) is 27.7 Å². The Balaban J connectivity index is 1.64. The molecule has 1 aromatic carbocycles. The topological polar surface area (TPSA) is 58.6 Å². The normalized spacial score (nSPS) is 25.3. The molecule has 134 valence electrons. The van der Waals surface area contributed by atoms with Crippen LogP contribution in [0.15, 0.2) is 12.1 Å². The van der Waals surface area contributed by atoms with Crippen molar-refractivity contribution in [2.24, 2.45) is 0 Å². The summed E-state index contributed by atoms with van der Waals surface area (Å²) in [6.07, 6.45) is 2.18. The van der Waals surface area contributed by atoms with Crippen LogP contribution in [0.3, 0.4) is 0 Å². The highest BCUT2D eigenvalue weighted by atomic mass is 16.6. The van der Waals surface area contributed by atoms with E-state index >= 15 is 0 Å². The summed E-state index contributed by atoms with van der Waals surface area (Å²) in [7, 11) is 0. The fraction of sp³-hybridized carbons (Fsp3) is 0.600. The van der Waals surface area contributed by atoms with Crippen molar-refractivity contribution in [3.8, 4) is 0 Å². The van der Waals surface area contributed by atoms with E-state index in [1.165, 1.54) is 18.4 Å². The number of ether oxygens (including phenoxy) is 1. The van der Waals surface area contributed by atoms with Gasteiger partial charge in [0, 0.05) is 24.6 Å². The van der Waals surface area contributed by atoms with Crippen LogP contribution < -0.4 is 5.32 Å². The molecule has 1 aromatic rings. The second-order valence-electron chi connectivity index (χ2n) is 8.65. The van der Waals surface area contributed by atoms with Gasteiger partial charge in [-0.2, -0.15) is 0 Å². The first-order chi connectivity index (χ1) is 11.7. The molecule has 1 saturated carbocycles. The smallest absolute Gasteiger partial charge is 0.410 e. The van der Waals surface area contributed by atoms with E-state index in [0.29, 0.717) is 19.0 Å². The third kappa shape index (κ3) is 3.00. The van der Waals surface area contributed by atoms with Crippen LogP contribution in [-0.2, 0) is 4.74 Å². The van der Waals surface area contributed by atoms with E-state index in [9.17, 15) is 9.59 Å². The standard InChI is InChI=1S/C20H26N2O3/c1-11-7-13(12-5-6-12)8-14-15-9-22(19(24)25-20(2,3)4)10-16(15)21-18(23)17(11)14/h7-8,12,15-16H,5-6,9-10H2,1-4H3,(H,21,23). The maximum atomic E-state index is 12.6. The Morgan fingerprint density at radius 1 is 1.24 bits per heavy atom. The van der Waals surface area contributed by atoms with Gasteiger partial charge in [0.15, 0.2) is 0 Å². The van der Waals surface area contributed by atoms with E-state index in [2.05, 4.69) is 17.4 Å². The Kier molecular flexibility index (Phi) is 3.60. The van der Waals surface area contributed by atoms with Crippen LogP contribution in [0.4, 0.5) is 4.79 Å². The lowest BCUT2D eigenvalue weighted by molar-refractivity contribution is 0.0288. The summed E-state index contributed by atoms with van der Waals surface area (Å²) >= 11 is 0.